The van der Waals surface area contributed by atoms with E-state index in [1.807, 2.05) is 11.6 Å². The zero-order valence-corrected chi connectivity index (χ0v) is 11.6. The molecule has 0 atom stereocenters. The normalized spacial score (nSPS) is 10.9. The lowest BCUT2D eigenvalue weighted by molar-refractivity contribution is 0.626. The smallest absolute Gasteiger partial charge is 0.0690 e. The molecule has 1 aromatic heterocycles. The molecule has 0 saturated heterocycles. The third-order valence-electron chi connectivity index (χ3n) is 3.18. The first-order valence-electron chi connectivity index (χ1n) is 6.35. The average molecular weight is 243 g/mol. The van der Waals surface area contributed by atoms with Crippen molar-refractivity contribution in [3.63, 3.8) is 0 Å². The zero-order valence-electron chi connectivity index (χ0n) is 11.6. The minimum Gasteiger partial charge on any atom is -0.329 e. The number of benzene rings is 1. The van der Waals surface area contributed by atoms with Gasteiger partial charge in [0.2, 0.25) is 0 Å². The molecule has 0 radical (unpaired) electrons. The van der Waals surface area contributed by atoms with Crippen LogP contribution in [-0.2, 0) is 6.54 Å². The predicted molar refractivity (Wildman–Crippen MR) is 75.7 cm³/mol. The number of nitrogens with zero attached hydrogens (tertiary/aromatic N) is 2. The Hall–Kier alpha value is -1.61. The van der Waals surface area contributed by atoms with E-state index in [1.54, 1.807) is 0 Å². The van der Waals surface area contributed by atoms with Crippen molar-refractivity contribution in [2.45, 2.75) is 34.2 Å². The van der Waals surface area contributed by atoms with Crippen LogP contribution in [0.25, 0.3) is 11.3 Å². The van der Waals surface area contributed by atoms with E-state index in [2.05, 4.69) is 44.1 Å². The Balaban J connectivity index is 2.61. The molecule has 3 nitrogen and oxygen atoms in total. The molecule has 0 spiro atoms. The second-order valence-electron chi connectivity index (χ2n) is 4.96. The summed E-state index contributed by atoms with van der Waals surface area (Å²) in [5.41, 5.74) is 13.1. The van der Waals surface area contributed by atoms with Gasteiger partial charge in [0.05, 0.1) is 17.9 Å². The van der Waals surface area contributed by atoms with Gasteiger partial charge in [0.1, 0.15) is 0 Å². The van der Waals surface area contributed by atoms with Gasteiger partial charge in [-0.15, -0.1) is 0 Å². The van der Waals surface area contributed by atoms with Crippen LogP contribution in [0, 0.1) is 27.7 Å². The van der Waals surface area contributed by atoms with Crippen molar-refractivity contribution >= 4 is 0 Å². The average Bonchev–Trinajstić information content (AvgIpc) is 2.58. The highest BCUT2D eigenvalue weighted by Crippen LogP contribution is 2.28. The minimum atomic E-state index is 0.609. The number of hydrogen-bond donors (Lipinski definition) is 1. The molecule has 96 valence electrons. The van der Waals surface area contributed by atoms with Gasteiger partial charge in [-0.05, 0) is 44.9 Å². The first-order chi connectivity index (χ1) is 8.52. The summed E-state index contributed by atoms with van der Waals surface area (Å²) in [6.45, 7) is 9.84. The highest BCUT2D eigenvalue weighted by atomic mass is 15.3. The Morgan fingerprint density at radius 2 is 1.67 bits per heavy atom. The third-order valence-corrected chi connectivity index (χ3v) is 3.18. The summed E-state index contributed by atoms with van der Waals surface area (Å²) in [5, 5.41) is 4.52. The minimum absolute atomic E-state index is 0.609. The molecule has 2 N–H and O–H groups in total. The summed E-state index contributed by atoms with van der Waals surface area (Å²) in [7, 11) is 0. The SMILES string of the molecule is Cc1cc(C)c(-c2cc(C)nn2CCN)c(C)c1. The van der Waals surface area contributed by atoms with Crippen LogP contribution in [0.15, 0.2) is 18.2 Å². The van der Waals surface area contributed by atoms with Crippen molar-refractivity contribution < 1.29 is 0 Å². The second-order valence-corrected chi connectivity index (χ2v) is 4.96. The van der Waals surface area contributed by atoms with Crippen LogP contribution < -0.4 is 5.73 Å². The van der Waals surface area contributed by atoms with Gasteiger partial charge in [-0.2, -0.15) is 5.10 Å². The van der Waals surface area contributed by atoms with E-state index in [0.717, 1.165) is 12.2 Å². The maximum absolute atomic E-state index is 5.66. The molecule has 0 aliphatic rings. The number of hydrogen-bond acceptors (Lipinski definition) is 2. The summed E-state index contributed by atoms with van der Waals surface area (Å²) >= 11 is 0. The van der Waals surface area contributed by atoms with E-state index in [0.29, 0.717) is 6.54 Å². The molecule has 0 aliphatic heterocycles. The largest absolute Gasteiger partial charge is 0.329 e. The molecule has 0 bridgehead atoms. The van der Waals surface area contributed by atoms with Gasteiger partial charge in [0.15, 0.2) is 0 Å². The molecular weight excluding hydrogens is 222 g/mol. The van der Waals surface area contributed by atoms with Crippen molar-refractivity contribution in [2.75, 3.05) is 6.54 Å². The quantitative estimate of drug-likeness (QED) is 0.900. The lowest BCUT2D eigenvalue weighted by Crippen LogP contribution is -2.12. The van der Waals surface area contributed by atoms with Crippen molar-refractivity contribution in [3.05, 3.63) is 40.6 Å². The molecule has 3 heteroatoms. The van der Waals surface area contributed by atoms with E-state index in [1.165, 1.54) is 27.9 Å². The molecule has 1 heterocycles. The summed E-state index contributed by atoms with van der Waals surface area (Å²) in [6, 6.07) is 6.58. The maximum atomic E-state index is 5.66. The highest BCUT2D eigenvalue weighted by Gasteiger charge is 2.12. The van der Waals surface area contributed by atoms with Crippen LogP contribution in [-0.4, -0.2) is 16.3 Å². The van der Waals surface area contributed by atoms with E-state index < -0.39 is 0 Å². The van der Waals surface area contributed by atoms with Crippen molar-refractivity contribution in [2.24, 2.45) is 5.73 Å². The van der Waals surface area contributed by atoms with Crippen LogP contribution in [0.2, 0.25) is 0 Å². The number of aryl methyl sites for hydroxylation is 4. The van der Waals surface area contributed by atoms with Crippen LogP contribution >= 0.6 is 0 Å². The molecule has 1 aromatic carbocycles. The maximum Gasteiger partial charge on any atom is 0.0690 e. The zero-order chi connectivity index (χ0) is 13.3. The molecule has 0 fully saturated rings. The van der Waals surface area contributed by atoms with Gasteiger partial charge in [-0.3, -0.25) is 4.68 Å². The Morgan fingerprint density at radius 3 is 2.22 bits per heavy atom. The fraction of sp³-hybridized carbons (Fsp3) is 0.400. The molecule has 18 heavy (non-hydrogen) atoms. The second kappa shape index (κ2) is 4.94. The van der Waals surface area contributed by atoms with Gasteiger partial charge in [-0.1, -0.05) is 17.7 Å². The Kier molecular flexibility index (Phi) is 3.53. The lowest BCUT2D eigenvalue weighted by Gasteiger charge is -2.13. The summed E-state index contributed by atoms with van der Waals surface area (Å²) in [4.78, 5) is 0. The van der Waals surface area contributed by atoms with Gasteiger partial charge in [0.25, 0.3) is 0 Å². The number of nitrogens with two attached hydrogens (primary N) is 1. The van der Waals surface area contributed by atoms with Gasteiger partial charge in [-0.25, -0.2) is 0 Å². The van der Waals surface area contributed by atoms with Crippen LogP contribution in [0.1, 0.15) is 22.4 Å². The van der Waals surface area contributed by atoms with Crippen molar-refractivity contribution in [1.82, 2.24) is 9.78 Å². The lowest BCUT2D eigenvalue weighted by atomic mass is 9.97. The fourth-order valence-electron chi connectivity index (χ4n) is 2.62. The van der Waals surface area contributed by atoms with E-state index >= 15 is 0 Å². The topological polar surface area (TPSA) is 43.8 Å². The molecule has 0 unspecified atom stereocenters. The van der Waals surface area contributed by atoms with Crippen LogP contribution in [0.5, 0.6) is 0 Å². The number of aromatic nitrogens is 2. The molecule has 0 aliphatic carbocycles. The van der Waals surface area contributed by atoms with E-state index in [-0.39, 0.29) is 0 Å². The van der Waals surface area contributed by atoms with Gasteiger partial charge in [0, 0.05) is 12.1 Å². The molecular formula is C15H21N3. The first kappa shape index (κ1) is 12.8. The van der Waals surface area contributed by atoms with Crippen LogP contribution in [0.4, 0.5) is 0 Å². The Morgan fingerprint density at radius 1 is 1.06 bits per heavy atom. The predicted octanol–water partition coefficient (Wildman–Crippen LogP) is 2.74. The number of rotatable bonds is 3. The Bertz CT molecular complexity index is 544. The van der Waals surface area contributed by atoms with Gasteiger partial charge < -0.3 is 5.73 Å². The summed E-state index contributed by atoms with van der Waals surface area (Å²) in [6.07, 6.45) is 0. The third kappa shape index (κ3) is 2.31. The van der Waals surface area contributed by atoms with Crippen LogP contribution in [0.3, 0.4) is 0 Å². The van der Waals surface area contributed by atoms with E-state index in [4.69, 9.17) is 5.73 Å². The monoisotopic (exact) mass is 243 g/mol. The van der Waals surface area contributed by atoms with E-state index in [9.17, 15) is 0 Å². The standard InChI is InChI=1S/C15H21N3/c1-10-7-11(2)15(12(3)8-10)14-9-13(4)17-18(14)6-5-16/h7-9H,5-6,16H2,1-4H3. The van der Waals surface area contributed by atoms with Gasteiger partial charge >= 0.3 is 0 Å². The Labute approximate surface area is 109 Å². The summed E-state index contributed by atoms with van der Waals surface area (Å²) < 4.78 is 2.01. The molecule has 2 rings (SSSR count). The summed E-state index contributed by atoms with van der Waals surface area (Å²) in [5.74, 6) is 0. The molecule has 0 amide bonds. The fourth-order valence-corrected chi connectivity index (χ4v) is 2.62. The van der Waals surface area contributed by atoms with Crippen molar-refractivity contribution in [3.8, 4) is 11.3 Å². The molecule has 2 aromatic rings. The molecule has 0 saturated carbocycles. The first-order valence-corrected chi connectivity index (χ1v) is 6.35. The highest BCUT2D eigenvalue weighted by molar-refractivity contribution is 5.68. The van der Waals surface area contributed by atoms with Crippen molar-refractivity contribution in [1.29, 1.82) is 0 Å².